The molecule has 1 aromatic rings. The van der Waals surface area contributed by atoms with Crippen LogP contribution in [0.3, 0.4) is 0 Å². The lowest BCUT2D eigenvalue weighted by atomic mass is 9.71. The van der Waals surface area contributed by atoms with Gasteiger partial charge in [-0.3, -0.25) is 0 Å². The molecule has 0 spiro atoms. The highest BCUT2D eigenvalue weighted by Crippen LogP contribution is 2.40. The highest BCUT2D eigenvalue weighted by atomic mass is 79.9. The summed E-state index contributed by atoms with van der Waals surface area (Å²) in [6.45, 7) is 1.80. The molecule has 2 atom stereocenters. The van der Waals surface area contributed by atoms with Crippen LogP contribution in [0.5, 0.6) is 0 Å². The molecule has 4 nitrogen and oxygen atoms in total. The Hall–Kier alpha value is -0.680. The van der Waals surface area contributed by atoms with Gasteiger partial charge in [0.1, 0.15) is 16.7 Å². The average molecular weight is 312 g/mol. The highest BCUT2D eigenvalue weighted by Gasteiger charge is 2.42. The van der Waals surface area contributed by atoms with Gasteiger partial charge in [-0.2, -0.15) is 0 Å². The third kappa shape index (κ3) is 2.26. The zero-order valence-corrected chi connectivity index (χ0v) is 11.9. The first-order valence-corrected chi connectivity index (χ1v) is 7.41. The molecule has 2 fully saturated rings. The number of piperidine rings is 1. The van der Waals surface area contributed by atoms with Gasteiger partial charge in [-0.05, 0) is 35.2 Å². The number of fused-ring (bicyclic) bond motifs is 1. The van der Waals surface area contributed by atoms with E-state index in [9.17, 15) is 5.11 Å². The van der Waals surface area contributed by atoms with E-state index in [2.05, 4.69) is 30.8 Å². The van der Waals surface area contributed by atoms with Crippen LogP contribution in [-0.4, -0.2) is 33.8 Å². The van der Waals surface area contributed by atoms with Crippen LogP contribution < -0.4 is 4.90 Å². The van der Waals surface area contributed by atoms with E-state index in [-0.39, 0.29) is 0 Å². The summed E-state index contributed by atoms with van der Waals surface area (Å²) in [5.74, 6) is 1.36. The second kappa shape index (κ2) is 4.78. The van der Waals surface area contributed by atoms with Gasteiger partial charge in [0.15, 0.2) is 0 Å². The average Bonchev–Trinajstić information content (AvgIpc) is 2.37. The first-order valence-electron chi connectivity index (χ1n) is 6.62. The van der Waals surface area contributed by atoms with Crippen molar-refractivity contribution in [2.24, 2.45) is 5.92 Å². The summed E-state index contributed by atoms with van der Waals surface area (Å²) in [5.41, 5.74) is -0.418. The summed E-state index contributed by atoms with van der Waals surface area (Å²) in [6.07, 6.45) is 6.97. The van der Waals surface area contributed by atoms with Gasteiger partial charge in [0, 0.05) is 25.1 Å². The maximum absolute atomic E-state index is 10.6. The quantitative estimate of drug-likeness (QED) is 0.809. The van der Waals surface area contributed by atoms with Crippen molar-refractivity contribution in [3.8, 4) is 0 Å². The molecule has 1 aromatic heterocycles. The number of aromatic nitrogens is 2. The van der Waals surface area contributed by atoms with Crippen LogP contribution in [0.15, 0.2) is 17.0 Å². The SMILES string of the molecule is OC12CCCCC1CN(c1cc(Br)ncn1)CC2. The molecule has 1 aliphatic carbocycles. The van der Waals surface area contributed by atoms with Crippen molar-refractivity contribution in [3.63, 3.8) is 0 Å². The third-order valence-corrected chi connectivity index (χ3v) is 4.80. The Balaban J connectivity index is 1.77. The number of aliphatic hydroxyl groups is 1. The predicted octanol–water partition coefficient (Wildman–Crippen LogP) is 2.37. The molecule has 1 saturated carbocycles. The van der Waals surface area contributed by atoms with Crippen LogP contribution in [0.4, 0.5) is 5.82 Å². The molecule has 5 heteroatoms. The fourth-order valence-electron chi connectivity index (χ4n) is 3.28. The maximum Gasteiger partial charge on any atom is 0.133 e. The Labute approximate surface area is 116 Å². The lowest BCUT2D eigenvalue weighted by Gasteiger charge is -2.47. The smallest absolute Gasteiger partial charge is 0.133 e. The van der Waals surface area contributed by atoms with Crippen molar-refractivity contribution in [2.45, 2.75) is 37.7 Å². The van der Waals surface area contributed by atoms with Gasteiger partial charge in [0.05, 0.1) is 5.60 Å². The second-order valence-electron chi connectivity index (χ2n) is 5.44. The van der Waals surface area contributed by atoms with E-state index in [0.29, 0.717) is 5.92 Å². The van der Waals surface area contributed by atoms with Crippen molar-refractivity contribution in [2.75, 3.05) is 18.0 Å². The number of anilines is 1. The molecule has 18 heavy (non-hydrogen) atoms. The van der Waals surface area contributed by atoms with Gasteiger partial charge in [0.2, 0.25) is 0 Å². The minimum atomic E-state index is -0.418. The summed E-state index contributed by atoms with van der Waals surface area (Å²) >= 11 is 3.38. The van der Waals surface area contributed by atoms with E-state index in [1.807, 2.05) is 6.07 Å². The van der Waals surface area contributed by atoms with E-state index in [4.69, 9.17) is 0 Å². The van der Waals surface area contributed by atoms with E-state index >= 15 is 0 Å². The maximum atomic E-state index is 10.6. The fourth-order valence-corrected chi connectivity index (χ4v) is 3.57. The number of nitrogens with zero attached hydrogens (tertiary/aromatic N) is 3. The zero-order valence-electron chi connectivity index (χ0n) is 10.3. The fraction of sp³-hybridized carbons (Fsp3) is 0.692. The standard InChI is InChI=1S/C13H18BrN3O/c14-11-7-12(16-9-15-11)17-6-5-13(18)4-2-1-3-10(13)8-17/h7,9-10,18H,1-6,8H2. The minimum absolute atomic E-state index is 0.397. The van der Waals surface area contributed by atoms with Crippen molar-refractivity contribution >= 4 is 21.7 Å². The van der Waals surface area contributed by atoms with Crippen LogP contribution in [0.25, 0.3) is 0 Å². The van der Waals surface area contributed by atoms with Crippen molar-refractivity contribution in [3.05, 3.63) is 17.0 Å². The Morgan fingerprint density at radius 2 is 2.22 bits per heavy atom. The Kier molecular flexibility index (Phi) is 3.28. The van der Waals surface area contributed by atoms with Gasteiger partial charge in [-0.15, -0.1) is 0 Å². The third-order valence-electron chi connectivity index (χ3n) is 4.37. The predicted molar refractivity (Wildman–Crippen MR) is 73.5 cm³/mol. The van der Waals surface area contributed by atoms with E-state index in [1.54, 1.807) is 6.33 Å². The van der Waals surface area contributed by atoms with Crippen molar-refractivity contribution in [1.29, 1.82) is 0 Å². The first kappa shape index (κ1) is 12.4. The van der Waals surface area contributed by atoms with Gasteiger partial charge >= 0.3 is 0 Å². The molecule has 1 aliphatic heterocycles. The van der Waals surface area contributed by atoms with Gasteiger partial charge in [-0.1, -0.05) is 12.8 Å². The summed E-state index contributed by atoms with van der Waals surface area (Å²) in [7, 11) is 0. The lowest BCUT2D eigenvalue weighted by molar-refractivity contribution is -0.0613. The molecular weight excluding hydrogens is 294 g/mol. The van der Waals surface area contributed by atoms with Gasteiger partial charge < -0.3 is 10.0 Å². The molecule has 0 amide bonds. The molecule has 1 N–H and O–H groups in total. The summed E-state index contributed by atoms with van der Waals surface area (Å²) in [5, 5.41) is 10.6. The Morgan fingerprint density at radius 3 is 3.06 bits per heavy atom. The normalized spacial score (nSPS) is 32.1. The lowest BCUT2D eigenvalue weighted by Crippen LogP contribution is -2.53. The van der Waals surface area contributed by atoms with Crippen molar-refractivity contribution < 1.29 is 5.11 Å². The largest absolute Gasteiger partial charge is 0.389 e. The van der Waals surface area contributed by atoms with Crippen LogP contribution in [-0.2, 0) is 0 Å². The van der Waals surface area contributed by atoms with Crippen molar-refractivity contribution in [1.82, 2.24) is 9.97 Å². The molecule has 0 bridgehead atoms. The number of hydrogen-bond donors (Lipinski definition) is 1. The second-order valence-corrected chi connectivity index (χ2v) is 6.25. The Bertz CT molecular complexity index is 442. The van der Waals surface area contributed by atoms with Crippen LogP contribution in [0.2, 0.25) is 0 Å². The number of rotatable bonds is 1. The van der Waals surface area contributed by atoms with E-state index in [1.165, 1.54) is 12.8 Å². The molecular formula is C13H18BrN3O. The Morgan fingerprint density at radius 1 is 1.33 bits per heavy atom. The van der Waals surface area contributed by atoms with E-state index in [0.717, 1.165) is 42.8 Å². The molecule has 2 unspecified atom stereocenters. The minimum Gasteiger partial charge on any atom is -0.389 e. The monoisotopic (exact) mass is 311 g/mol. The summed E-state index contributed by atoms with van der Waals surface area (Å²) in [4.78, 5) is 10.7. The van der Waals surface area contributed by atoms with Crippen LogP contribution in [0, 0.1) is 5.92 Å². The molecule has 0 aromatic carbocycles. The zero-order chi connectivity index (χ0) is 12.6. The topological polar surface area (TPSA) is 49.2 Å². The summed E-state index contributed by atoms with van der Waals surface area (Å²) in [6, 6.07) is 1.95. The number of halogens is 1. The van der Waals surface area contributed by atoms with Crippen LogP contribution in [0.1, 0.15) is 32.1 Å². The number of hydrogen-bond acceptors (Lipinski definition) is 4. The summed E-state index contributed by atoms with van der Waals surface area (Å²) < 4.78 is 0.817. The van der Waals surface area contributed by atoms with E-state index < -0.39 is 5.60 Å². The molecule has 2 aliphatic rings. The molecule has 98 valence electrons. The van der Waals surface area contributed by atoms with Gasteiger partial charge in [0.25, 0.3) is 0 Å². The first-order chi connectivity index (χ1) is 8.67. The molecule has 0 radical (unpaired) electrons. The molecule has 1 saturated heterocycles. The molecule has 2 heterocycles. The van der Waals surface area contributed by atoms with Crippen LogP contribution >= 0.6 is 15.9 Å². The molecule has 3 rings (SSSR count). The highest BCUT2D eigenvalue weighted by molar-refractivity contribution is 9.10. The van der Waals surface area contributed by atoms with Gasteiger partial charge in [-0.25, -0.2) is 9.97 Å².